The number of rotatable bonds is 4. The zero-order chi connectivity index (χ0) is 19.5. The van der Waals surface area contributed by atoms with Crippen molar-refractivity contribution >= 4 is 38.7 Å². The summed E-state index contributed by atoms with van der Waals surface area (Å²) in [5.74, 6) is -0.363. The summed E-state index contributed by atoms with van der Waals surface area (Å²) in [5.41, 5.74) is 18.9. The Kier molecular flexibility index (Phi) is 4.36. The van der Waals surface area contributed by atoms with E-state index in [9.17, 15) is 4.79 Å². The lowest BCUT2D eigenvalue weighted by Gasteiger charge is -2.13. The minimum atomic E-state index is -0.363. The van der Waals surface area contributed by atoms with E-state index in [-0.39, 0.29) is 28.3 Å². The van der Waals surface area contributed by atoms with E-state index in [2.05, 4.69) is 20.1 Å². The lowest BCUT2D eigenvalue weighted by Crippen LogP contribution is -2.04. The Labute approximate surface area is 159 Å². The molecular weight excluding hydrogens is 352 g/mol. The van der Waals surface area contributed by atoms with Crippen LogP contribution in [0.2, 0.25) is 0 Å². The van der Waals surface area contributed by atoms with Crippen molar-refractivity contribution in [3.05, 3.63) is 105 Å². The number of carbonyl (C=O) groups is 1. The van der Waals surface area contributed by atoms with Gasteiger partial charge >= 0.3 is 0 Å². The highest BCUT2D eigenvalue weighted by molar-refractivity contribution is 6.26. The number of hydrogen-bond acceptors (Lipinski definition) is 3. The second-order valence-electron chi connectivity index (χ2n) is 6.07. The molecule has 7 heteroatoms. The summed E-state index contributed by atoms with van der Waals surface area (Å²) in [4.78, 5) is 19.4. The summed E-state index contributed by atoms with van der Waals surface area (Å²) in [7, 11) is 0. The first kappa shape index (κ1) is 17.1. The van der Waals surface area contributed by atoms with Gasteiger partial charge < -0.3 is 0 Å². The SMILES string of the molecule is [N-]=[N+]=Nc1ccc2ccccc2c1C(=O)c1c(N=[N+]=[N-])ccc2ccccc12. The van der Waals surface area contributed by atoms with Crippen LogP contribution in [-0.4, -0.2) is 5.78 Å². The third-order valence-corrected chi connectivity index (χ3v) is 4.57. The fourth-order valence-electron chi connectivity index (χ4n) is 3.39. The molecule has 0 aliphatic rings. The van der Waals surface area contributed by atoms with Crippen LogP contribution in [0, 0.1) is 0 Å². The number of ketones is 1. The number of nitrogens with zero attached hydrogens (tertiary/aromatic N) is 6. The van der Waals surface area contributed by atoms with Gasteiger partial charge in [0.05, 0.1) is 0 Å². The van der Waals surface area contributed by atoms with E-state index in [0.717, 1.165) is 10.8 Å². The molecule has 4 aromatic carbocycles. The van der Waals surface area contributed by atoms with Crippen molar-refractivity contribution < 1.29 is 4.79 Å². The third-order valence-electron chi connectivity index (χ3n) is 4.57. The topological polar surface area (TPSA) is 115 Å². The predicted octanol–water partition coefficient (Wildman–Crippen LogP) is 7.11. The minimum absolute atomic E-state index is 0.228. The number of carbonyl (C=O) groups excluding carboxylic acids is 1. The third kappa shape index (κ3) is 2.79. The Hall–Kier alpha value is -4.31. The molecule has 0 amide bonds. The second kappa shape index (κ2) is 7.13. The molecule has 4 aromatic rings. The van der Waals surface area contributed by atoms with Gasteiger partial charge in [0, 0.05) is 32.3 Å². The molecule has 0 heterocycles. The highest BCUT2D eigenvalue weighted by Gasteiger charge is 2.21. The smallest absolute Gasteiger partial charge is 0.195 e. The van der Waals surface area contributed by atoms with Crippen molar-refractivity contribution in [1.82, 2.24) is 0 Å². The maximum absolute atomic E-state index is 13.7. The molecule has 132 valence electrons. The molecule has 0 aliphatic heterocycles. The Morgan fingerprint density at radius 1 is 0.643 bits per heavy atom. The van der Waals surface area contributed by atoms with E-state index >= 15 is 0 Å². The molecule has 0 aromatic heterocycles. The molecule has 0 radical (unpaired) electrons. The van der Waals surface area contributed by atoms with E-state index in [1.54, 1.807) is 36.4 Å². The lowest BCUT2D eigenvalue weighted by atomic mass is 9.91. The monoisotopic (exact) mass is 364 g/mol. The summed E-state index contributed by atoms with van der Waals surface area (Å²) in [6.07, 6.45) is 0. The molecule has 28 heavy (non-hydrogen) atoms. The first-order chi connectivity index (χ1) is 13.7. The molecule has 0 saturated carbocycles. The van der Waals surface area contributed by atoms with Crippen molar-refractivity contribution in [3.8, 4) is 0 Å². The number of azide groups is 2. The van der Waals surface area contributed by atoms with Gasteiger partial charge in [0.15, 0.2) is 5.78 Å². The Bertz CT molecular complexity index is 1240. The van der Waals surface area contributed by atoms with Crippen LogP contribution in [-0.2, 0) is 0 Å². The molecule has 0 bridgehead atoms. The lowest BCUT2D eigenvalue weighted by molar-refractivity contribution is 0.104. The normalized spacial score (nSPS) is 10.3. The molecule has 0 spiro atoms. The average molecular weight is 364 g/mol. The van der Waals surface area contributed by atoms with E-state index in [1.165, 1.54) is 0 Å². The van der Waals surface area contributed by atoms with Gasteiger partial charge in [0.1, 0.15) is 0 Å². The van der Waals surface area contributed by atoms with Gasteiger partial charge in [-0.15, -0.1) is 0 Å². The number of fused-ring (bicyclic) bond motifs is 2. The number of benzene rings is 4. The molecule has 0 atom stereocenters. The summed E-state index contributed by atoms with van der Waals surface area (Å²) < 4.78 is 0. The zero-order valence-corrected chi connectivity index (χ0v) is 14.5. The molecule has 7 nitrogen and oxygen atoms in total. The van der Waals surface area contributed by atoms with E-state index in [0.29, 0.717) is 10.8 Å². The summed E-state index contributed by atoms with van der Waals surface area (Å²) in [6.45, 7) is 0. The standard InChI is InChI=1S/C21H12N6O/c22-26-24-17-11-9-13-5-1-3-7-15(13)19(17)21(28)20-16-8-4-2-6-14(16)10-12-18(20)25-27-23/h1-12H. The summed E-state index contributed by atoms with van der Waals surface area (Å²) in [5, 5.41) is 10.4. The molecule has 0 saturated heterocycles. The first-order valence-corrected chi connectivity index (χ1v) is 8.43. The van der Waals surface area contributed by atoms with Crippen molar-refractivity contribution in [3.63, 3.8) is 0 Å². The zero-order valence-electron chi connectivity index (χ0n) is 14.5. The van der Waals surface area contributed by atoms with E-state index < -0.39 is 0 Å². The van der Waals surface area contributed by atoms with Crippen LogP contribution in [0.25, 0.3) is 42.4 Å². The van der Waals surface area contributed by atoms with Crippen molar-refractivity contribution in [1.29, 1.82) is 0 Å². The largest absolute Gasteiger partial charge is 0.289 e. The van der Waals surface area contributed by atoms with Crippen molar-refractivity contribution in [2.45, 2.75) is 0 Å². The Balaban J connectivity index is 2.11. The fourth-order valence-corrected chi connectivity index (χ4v) is 3.39. The highest BCUT2D eigenvalue weighted by Crippen LogP contribution is 2.36. The van der Waals surface area contributed by atoms with Crippen LogP contribution in [0.5, 0.6) is 0 Å². The van der Waals surface area contributed by atoms with Crippen LogP contribution < -0.4 is 0 Å². The minimum Gasteiger partial charge on any atom is -0.289 e. The average Bonchev–Trinajstić information content (AvgIpc) is 2.73. The van der Waals surface area contributed by atoms with Gasteiger partial charge in [-0.1, -0.05) is 83.0 Å². The van der Waals surface area contributed by atoms with Crippen molar-refractivity contribution in [2.24, 2.45) is 10.2 Å². The van der Waals surface area contributed by atoms with Gasteiger partial charge in [-0.25, -0.2) is 0 Å². The van der Waals surface area contributed by atoms with Crippen LogP contribution in [0.3, 0.4) is 0 Å². The Morgan fingerprint density at radius 2 is 1.07 bits per heavy atom. The molecular formula is C21H12N6O. The summed E-state index contributed by atoms with van der Waals surface area (Å²) >= 11 is 0. The van der Waals surface area contributed by atoms with Gasteiger partial charge in [-0.3, -0.25) is 4.79 Å². The molecule has 0 aliphatic carbocycles. The highest BCUT2D eigenvalue weighted by atomic mass is 16.1. The van der Waals surface area contributed by atoms with Crippen LogP contribution in [0.4, 0.5) is 11.4 Å². The first-order valence-electron chi connectivity index (χ1n) is 8.43. The predicted molar refractivity (Wildman–Crippen MR) is 109 cm³/mol. The fraction of sp³-hybridized carbons (Fsp3) is 0. The van der Waals surface area contributed by atoms with Crippen LogP contribution in [0.1, 0.15) is 15.9 Å². The molecule has 0 unspecified atom stereocenters. The van der Waals surface area contributed by atoms with Crippen LogP contribution >= 0.6 is 0 Å². The molecule has 0 fully saturated rings. The van der Waals surface area contributed by atoms with Gasteiger partial charge in [-0.05, 0) is 32.6 Å². The maximum atomic E-state index is 13.7. The van der Waals surface area contributed by atoms with Gasteiger partial charge in [0.2, 0.25) is 0 Å². The molecule has 4 rings (SSSR count). The quantitative estimate of drug-likeness (QED) is 0.163. The van der Waals surface area contributed by atoms with Crippen LogP contribution in [0.15, 0.2) is 83.0 Å². The van der Waals surface area contributed by atoms with E-state index in [1.807, 2.05) is 36.4 Å². The molecule has 0 N–H and O–H groups in total. The Morgan fingerprint density at radius 3 is 1.50 bits per heavy atom. The second-order valence-corrected chi connectivity index (χ2v) is 6.07. The maximum Gasteiger partial charge on any atom is 0.195 e. The van der Waals surface area contributed by atoms with Gasteiger partial charge in [0.25, 0.3) is 0 Å². The van der Waals surface area contributed by atoms with Gasteiger partial charge in [-0.2, -0.15) is 0 Å². The van der Waals surface area contributed by atoms with E-state index in [4.69, 9.17) is 11.1 Å². The summed E-state index contributed by atoms with van der Waals surface area (Å²) in [6, 6.07) is 21.6. The van der Waals surface area contributed by atoms with Crippen molar-refractivity contribution in [2.75, 3.05) is 0 Å². The number of hydrogen-bond donors (Lipinski definition) is 0.